The van der Waals surface area contributed by atoms with Crippen LogP contribution in [-0.2, 0) is 6.61 Å². The Balaban J connectivity index is 1.35. The summed E-state index contributed by atoms with van der Waals surface area (Å²) in [6, 6.07) is 13.3. The highest BCUT2D eigenvalue weighted by Crippen LogP contribution is 2.33. The van der Waals surface area contributed by atoms with Gasteiger partial charge in [-0.1, -0.05) is 35.5 Å². The SMILES string of the molecule is O=C(N[C@H]1C[C@@H](n2nccc2CO)C1)c1cc(-c2ccccc2)on1. The zero-order valence-electron chi connectivity index (χ0n) is 13.5. The molecule has 4 rings (SSSR count). The summed E-state index contributed by atoms with van der Waals surface area (Å²) in [4.78, 5) is 12.3. The molecule has 0 unspecified atom stereocenters. The minimum atomic E-state index is -0.239. The summed E-state index contributed by atoms with van der Waals surface area (Å²) in [7, 11) is 0. The Morgan fingerprint density at radius 2 is 2.08 bits per heavy atom. The van der Waals surface area contributed by atoms with Crippen LogP contribution in [0, 0.1) is 0 Å². The van der Waals surface area contributed by atoms with Crippen LogP contribution in [0.2, 0.25) is 0 Å². The number of nitrogens with one attached hydrogen (secondary N) is 1. The molecule has 2 heterocycles. The first kappa shape index (κ1) is 15.6. The van der Waals surface area contributed by atoms with E-state index >= 15 is 0 Å². The highest BCUT2D eigenvalue weighted by atomic mass is 16.5. The minimum Gasteiger partial charge on any atom is -0.390 e. The van der Waals surface area contributed by atoms with Crippen molar-refractivity contribution in [3.05, 3.63) is 60.0 Å². The summed E-state index contributed by atoms with van der Waals surface area (Å²) < 4.78 is 7.09. The van der Waals surface area contributed by atoms with Crippen LogP contribution >= 0.6 is 0 Å². The molecule has 2 N–H and O–H groups in total. The fourth-order valence-corrected chi connectivity index (χ4v) is 3.08. The van der Waals surface area contributed by atoms with Crippen molar-refractivity contribution in [3.8, 4) is 11.3 Å². The summed E-state index contributed by atoms with van der Waals surface area (Å²) in [5.74, 6) is 0.332. The number of hydrogen-bond acceptors (Lipinski definition) is 5. The molecule has 2 aromatic heterocycles. The van der Waals surface area contributed by atoms with Gasteiger partial charge in [-0.15, -0.1) is 0 Å². The van der Waals surface area contributed by atoms with E-state index in [9.17, 15) is 9.90 Å². The molecule has 0 saturated heterocycles. The van der Waals surface area contributed by atoms with E-state index in [0.717, 1.165) is 24.1 Å². The van der Waals surface area contributed by atoms with Gasteiger partial charge in [0.1, 0.15) is 0 Å². The van der Waals surface area contributed by atoms with Crippen molar-refractivity contribution in [2.24, 2.45) is 0 Å². The zero-order chi connectivity index (χ0) is 17.2. The van der Waals surface area contributed by atoms with E-state index in [1.165, 1.54) is 0 Å². The van der Waals surface area contributed by atoms with Gasteiger partial charge in [-0.05, 0) is 18.9 Å². The lowest BCUT2D eigenvalue weighted by Crippen LogP contribution is -2.45. The molecule has 1 amide bonds. The van der Waals surface area contributed by atoms with Gasteiger partial charge in [-0.25, -0.2) is 0 Å². The number of aliphatic hydroxyl groups excluding tert-OH is 1. The number of amides is 1. The summed E-state index contributed by atoms with van der Waals surface area (Å²) in [5.41, 5.74) is 1.95. The highest BCUT2D eigenvalue weighted by molar-refractivity contribution is 5.93. The summed E-state index contributed by atoms with van der Waals surface area (Å²) in [5, 5.41) is 20.3. The fourth-order valence-electron chi connectivity index (χ4n) is 3.08. The summed E-state index contributed by atoms with van der Waals surface area (Å²) in [6.07, 6.45) is 3.24. The Labute approximate surface area is 144 Å². The molecule has 0 aliphatic heterocycles. The molecule has 1 saturated carbocycles. The van der Waals surface area contributed by atoms with Crippen molar-refractivity contribution in [2.45, 2.75) is 31.5 Å². The maximum atomic E-state index is 12.3. The molecule has 7 heteroatoms. The van der Waals surface area contributed by atoms with Gasteiger partial charge >= 0.3 is 0 Å². The van der Waals surface area contributed by atoms with E-state index < -0.39 is 0 Å². The number of hydrogen-bond donors (Lipinski definition) is 2. The van der Waals surface area contributed by atoms with Crippen molar-refractivity contribution in [1.82, 2.24) is 20.3 Å². The number of rotatable bonds is 5. The van der Waals surface area contributed by atoms with Crippen LogP contribution in [0.25, 0.3) is 11.3 Å². The first-order valence-corrected chi connectivity index (χ1v) is 8.21. The first-order valence-electron chi connectivity index (χ1n) is 8.21. The lowest BCUT2D eigenvalue weighted by atomic mass is 9.86. The van der Waals surface area contributed by atoms with Crippen molar-refractivity contribution in [3.63, 3.8) is 0 Å². The van der Waals surface area contributed by atoms with E-state index in [1.807, 2.05) is 35.0 Å². The van der Waals surface area contributed by atoms with Crippen LogP contribution in [0.1, 0.15) is 35.1 Å². The van der Waals surface area contributed by atoms with Crippen molar-refractivity contribution in [1.29, 1.82) is 0 Å². The van der Waals surface area contributed by atoms with Crippen LogP contribution < -0.4 is 5.32 Å². The molecule has 3 aromatic rings. The molecular formula is C18H18N4O3. The van der Waals surface area contributed by atoms with Gasteiger partial charge in [-0.2, -0.15) is 5.10 Å². The quantitative estimate of drug-likeness (QED) is 0.744. The van der Waals surface area contributed by atoms with Gasteiger partial charge < -0.3 is 14.9 Å². The number of nitrogens with zero attached hydrogens (tertiary/aromatic N) is 3. The average molecular weight is 338 g/mol. The lowest BCUT2D eigenvalue weighted by Gasteiger charge is -2.36. The third-order valence-corrected chi connectivity index (χ3v) is 4.51. The van der Waals surface area contributed by atoms with Gasteiger partial charge in [0.15, 0.2) is 11.5 Å². The second kappa shape index (κ2) is 6.52. The number of carbonyl (C=O) groups excluding carboxylic acids is 1. The maximum absolute atomic E-state index is 12.3. The number of aromatic nitrogens is 3. The molecule has 7 nitrogen and oxygen atoms in total. The molecule has 0 bridgehead atoms. The van der Waals surface area contributed by atoms with Gasteiger partial charge in [0.2, 0.25) is 0 Å². The monoisotopic (exact) mass is 338 g/mol. The maximum Gasteiger partial charge on any atom is 0.273 e. The number of benzene rings is 1. The van der Waals surface area contributed by atoms with Crippen molar-refractivity contribution >= 4 is 5.91 Å². The fraction of sp³-hybridized carbons (Fsp3) is 0.278. The molecule has 1 aliphatic rings. The van der Waals surface area contributed by atoms with Gasteiger partial charge in [-0.3, -0.25) is 9.48 Å². The van der Waals surface area contributed by atoms with Crippen LogP contribution in [-0.4, -0.2) is 32.0 Å². The molecular weight excluding hydrogens is 320 g/mol. The molecule has 1 fully saturated rings. The third kappa shape index (κ3) is 3.06. The Hall–Kier alpha value is -2.93. The highest BCUT2D eigenvalue weighted by Gasteiger charge is 2.33. The van der Waals surface area contributed by atoms with Crippen molar-refractivity contribution in [2.75, 3.05) is 0 Å². The summed E-state index contributed by atoms with van der Waals surface area (Å²) >= 11 is 0. The Bertz CT molecular complexity index is 865. The molecule has 25 heavy (non-hydrogen) atoms. The lowest BCUT2D eigenvalue weighted by molar-refractivity contribution is 0.0875. The van der Waals surface area contributed by atoms with Gasteiger partial charge in [0.05, 0.1) is 18.3 Å². The van der Waals surface area contributed by atoms with Crippen LogP contribution in [0.4, 0.5) is 0 Å². The largest absolute Gasteiger partial charge is 0.390 e. The first-order chi connectivity index (χ1) is 12.2. The van der Waals surface area contributed by atoms with E-state index in [-0.39, 0.29) is 30.3 Å². The predicted octanol–water partition coefficient (Wildman–Crippen LogP) is 2.16. The Morgan fingerprint density at radius 3 is 2.84 bits per heavy atom. The minimum absolute atomic E-state index is 0.0330. The Morgan fingerprint density at radius 1 is 1.28 bits per heavy atom. The molecule has 0 radical (unpaired) electrons. The van der Waals surface area contributed by atoms with E-state index in [1.54, 1.807) is 18.3 Å². The van der Waals surface area contributed by atoms with Crippen molar-refractivity contribution < 1.29 is 14.4 Å². The molecule has 1 aromatic carbocycles. The number of aliphatic hydroxyl groups is 1. The van der Waals surface area contributed by atoms with Crippen LogP contribution in [0.3, 0.4) is 0 Å². The smallest absolute Gasteiger partial charge is 0.273 e. The second-order valence-electron chi connectivity index (χ2n) is 6.16. The van der Waals surface area contributed by atoms with E-state index in [2.05, 4.69) is 15.6 Å². The number of carbonyl (C=O) groups is 1. The second-order valence-corrected chi connectivity index (χ2v) is 6.16. The van der Waals surface area contributed by atoms with Crippen LogP contribution in [0.5, 0.6) is 0 Å². The normalized spacial score (nSPS) is 19.4. The molecule has 0 atom stereocenters. The molecule has 0 spiro atoms. The average Bonchev–Trinajstić information content (AvgIpc) is 3.27. The Kier molecular flexibility index (Phi) is 4.07. The van der Waals surface area contributed by atoms with E-state index in [4.69, 9.17) is 4.52 Å². The molecule has 128 valence electrons. The predicted molar refractivity (Wildman–Crippen MR) is 89.6 cm³/mol. The standard InChI is InChI=1S/C18H18N4O3/c23-11-14-6-7-19-22(14)15-8-13(9-15)20-18(24)16-10-17(25-21-16)12-4-2-1-3-5-12/h1-7,10,13,15,23H,8-9,11H2,(H,20,24)/t13-,15+. The van der Waals surface area contributed by atoms with Gasteiger partial charge in [0.25, 0.3) is 5.91 Å². The molecule has 1 aliphatic carbocycles. The van der Waals surface area contributed by atoms with E-state index in [0.29, 0.717) is 5.76 Å². The third-order valence-electron chi connectivity index (χ3n) is 4.51. The van der Waals surface area contributed by atoms with Crippen LogP contribution in [0.15, 0.2) is 53.2 Å². The topological polar surface area (TPSA) is 93.2 Å². The zero-order valence-corrected chi connectivity index (χ0v) is 13.5. The van der Waals surface area contributed by atoms with Gasteiger partial charge in [0, 0.05) is 23.9 Å². The summed E-state index contributed by atoms with van der Waals surface area (Å²) in [6.45, 7) is -0.0330.